The van der Waals surface area contributed by atoms with E-state index in [-0.39, 0.29) is 35.6 Å². The van der Waals surface area contributed by atoms with Crippen molar-refractivity contribution in [3.05, 3.63) is 70.8 Å². The SMILES string of the molecule is NCc1ccc(CC(=O)N2CCN(OC(=O)C3CCCC(C(=O)ON4CCN(C(=O)Cc5ccc(CN)cc5)CC4)CCC3)CC2)cc1. The average Bonchev–Trinajstić information content (AvgIpc) is 3.09. The number of hydroxylamine groups is 4. The number of carbonyl (C=O) groups excluding carboxylic acids is 4. The highest BCUT2D eigenvalue weighted by atomic mass is 16.7. The lowest BCUT2D eigenvalue weighted by atomic mass is 9.86. The zero-order chi connectivity index (χ0) is 33.9. The van der Waals surface area contributed by atoms with E-state index in [9.17, 15) is 19.2 Å². The first-order valence-electron chi connectivity index (χ1n) is 17.4. The van der Waals surface area contributed by atoms with Gasteiger partial charge in [0.15, 0.2) is 0 Å². The first kappa shape index (κ1) is 35.5. The molecule has 2 aliphatic heterocycles. The fourth-order valence-corrected chi connectivity index (χ4v) is 6.60. The van der Waals surface area contributed by atoms with Crippen LogP contribution in [0.4, 0.5) is 0 Å². The largest absolute Gasteiger partial charge is 0.368 e. The van der Waals surface area contributed by atoms with Gasteiger partial charge >= 0.3 is 11.9 Å². The van der Waals surface area contributed by atoms with Crippen molar-refractivity contribution in [1.29, 1.82) is 0 Å². The molecule has 1 aliphatic carbocycles. The summed E-state index contributed by atoms with van der Waals surface area (Å²) >= 11 is 0. The molecule has 2 saturated heterocycles. The first-order valence-corrected chi connectivity index (χ1v) is 17.4. The van der Waals surface area contributed by atoms with E-state index in [4.69, 9.17) is 21.1 Å². The first-order chi connectivity index (χ1) is 23.3. The highest BCUT2D eigenvalue weighted by Crippen LogP contribution is 2.28. The third-order valence-electron chi connectivity index (χ3n) is 9.73. The van der Waals surface area contributed by atoms with Crippen molar-refractivity contribution in [3.63, 3.8) is 0 Å². The third-order valence-corrected chi connectivity index (χ3v) is 9.73. The topological polar surface area (TPSA) is 152 Å². The van der Waals surface area contributed by atoms with Crippen LogP contribution in [0.5, 0.6) is 0 Å². The smallest absolute Gasteiger partial charge is 0.328 e. The van der Waals surface area contributed by atoms with E-state index in [1.54, 1.807) is 10.1 Å². The zero-order valence-corrected chi connectivity index (χ0v) is 27.9. The van der Waals surface area contributed by atoms with E-state index < -0.39 is 0 Å². The molecule has 0 unspecified atom stereocenters. The normalized spacial score (nSPS) is 21.2. The van der Waals surface area contributed by atoms with Crippen LogP contribution in [0.25, 0.3) is 0 Å². The van der Waals surface area contributed by atoms with Crippen LogP contribution in [0.3, 0.4) is 0 Å². The maximum absolute atomic E-state index is 13.0. The highest BCUT2D eigenvalue weighted by molar-refractivity contribution is 5.79. The standard InChI is InChI=1S/C36H50N6O6/c37-25-29-11-7-27(8-12-29)23-33(43)39-15-19-41(20-16-39)47-35(45)31-3-1-4-32(6-2-5-31)36(46)48-42-21-17-40(18-22-42)34(44)24-28-9-13-30(26-38)14-10-28/h7-14,31-32H,1-6,15-26,37-38H2. The Balaban J connectivity index is 0.964. The van der Waals surface area contributed by atoms with E-state index in [2.05, 4.69) is 0 Å². The maximum atomic E-state index is 13.0. The predicted octanol–water partition coefficient (Wildman–Crippen LogP) is 2.18. The Morgan fingerprint density at radius 1 is 0.521 bits per heavy atom. The van der Waals surface area contributed by atoms with Crippen molar-refractivity contribution in [3.8, 4) is 0 Å². The van der Waals surface area contributed by atoms with Crippen LogP contribution < -0.4 is 11.5 Å². The van der Waals surface area contributed by atoms with Gasteiger partial charge < -0.3 is 30.9 Å². The number of nitrogens with zero attached hydrogens (tertiary/aromatic N) is 4. The second-order valence-corrected chi connectivity index (χ2v) is 13.1. The molecule has 4 N–H and O–H groups in total. The summed E-state index contributed by atoms with van der Waals surface area (Å²) in [7, 11) is 0. The minimum absolute atomic E-state index is 0.0629. The Labute approximate surface area is 283 Å². The zero-order valence-electron chi connectivity index (χ0n) is 27.9. The van der Waals surface area contributed by atoms with Gasteiger partial charge in [0.1, 0.15) is 0 Å². The molecule has 2 amide bonds. The van der Waals surface area contributed by atoms with Gasteiger partial charge in [-0.15, -0.1) is 10.1 Å². The van der Waals surface area contributed by atoms with Gasteiger partial charge in [-0.25, -0.2) is 0 Å². The molecule has 0 radical (unpaired) electrons. The van der Waals surface area contributed by atoms with E-state index in [0.717, 1.165) is 35.1 Å². The summed E-state index contributed by atoms with van der Waals surface area (Å²) in [5, 5.41) is 3.35. The van der Waals surface area contributed by atoms with Crippen molar-refractivity contribution in [2.75, 3.05) is 52.4 Å². The monoisotopic (exact) mass is 662 g/mol. The molecule has 3 fully saturated rings. The Bertz CT molecular complexity index is 1260. The Morgan fingerprint density at radius 3 is 1.15 bits per heavy atom. The Kier molecular flexibility index (Phi) is 12.9. The van der Waals surface area contributed by atoms with Crippen molar-refractivity contribution in [1.82, 2.24) is 19.9 Å². The summed E-state index contributed by atoms with van der Waals surface area (Å²) in [6.45, 7) is 4.92. The molecule has 0 bridgehead atoms. The molecule has 12 nitrogen and oxygen atoms in total. The summed E-state index contributed by atoms with van der Waals surface area (Å²) in [5.41, 5.74) is 15.3. The molecule has 0 aromatic heterocycles. The van der Waals surface area contributed by atoms with Crippen LogP contribution in [0.2, 0.25) is 0 Å². The van der Waals surface area contributed by atoms with Crippen molar-refractivity contribution in [2.24, 2.45) is 23.3 Å². The van der Waals surface area contributed by atoms with Crippen molar-refractivity contribution < 1.29 is 28.9 Å². The van der Waals surface area contributed by atoms with Gasteiger partial charge in [-0.2, -0.15) is 0 Å². The summed E-state index contributed by atoms with van der Waals surface area (Å²) in [6.07, 6.45) is 4.82. The summed E-state index contributed by atoms with van der Waals surface area (Å²) < 4.78 is 0. The summed E-state index contributed by atoms with van der Waals surface area (Å²) in [6, 6.07) is 15.6. The molecular formula is C36H50N6O6. The number of benzene rings is 2. The fourth-order valence-electron chi connectivity index (χ4n) is 6.60. The van der Waals surface area contributed by atoms with Crippen LogP contribution in [0.1, 0.15) is 60.8 Å². The lowest BCUT2D eigenvalue weighted by Crippen LogP contribution is -2.50. The minimum atomic E-state index is -0.226. The molecule has 0 spiro atoms. The quantitative estimate of drug-likeness (QED) is 0.387. The Morgan fingerprint density at radius 2 is 0.833 bits per heavy atom. The number of piperazine rings is 2. The average molecular weight is 663 g/mol. The van der Waals surface area contributed by atoms with Crippen LogP contribution in [0.15, 0.2) is 48.5 Å². The van der Waals surface area contributed by atoms with Crippen molar-refractivity contribution in [2.45, 2.75) is 64.5 Å². The molecule has 2 aromatic rings. The van der Waals surface area contributed by atoms with Gasteiger partial charge in [0.25, 0.3) is 0 Å². The summed E-state index contributed by atoms with van der Waals surface area (Å²) in [4.78, 5) is 66.8. The maximum Gasteiger partial charge on any atom is 0.328 e. The molecule has 2 heterocycles. The molecule has 260 valence electrons. The molecule has 12 heteroatoms. The van der Waals surface area contributed by atoms with Gasteiger partial charge in [-0.3, -0.25) is 19.2 Å². The van der Waals surface area contributed by atoms with E-state index in [0.29, 0.717) is 104 Å². The van der Waals surface area contributed by atoms with E-state index in [1.807, 2.05) is 58.3 Å². The van der Waals surface area contributed by atoms with E-state index in [1.165, 1.54) is 0 Å². The minimum Gasteiger partial charge on any atom is -0.368 e. The highest BCUT2D eigenvalue weighted by Gasteiger charge is 2.31. The number of hydrogen-bond acceptors (Lipinski definition) is 10. The van der Waals surface area contributed by atoms with Crippen molar-refractivity contribution >= 4 is 23.8 Å². The van der Waals surface area contributed by atoms with Crippen LogP contribution >= 0.6 is 0 Å². The molecule has 2 aromatic carbocycles. The second-order valence-electron chi connectivity index (χ2n) is 13.1. The number of rotatable bonds is 10. The Hall–Kier alpha value is -3.84. The van der Waals surface area contributed by atoms with Gasteiger partial charge in [-0.05, 0) is 47.9 Å². The lowest BCUT2D eigenvalue weighted by molar-refractivity contribution is -0.204. The van der Waals surface area contributed by atoms with Gasteiger partial charge in [-0.1, -0.05) is 61.4 Å². The van der Waals surface area contributed by atoms with Crippen LogP contribution in [-0.4, -0.2) is 96.0 Å². The predicted molar refractivity (Wildman–Crippen MR) is 179 cm³/mol. The van der Waals surface area contributed by atoms with E-state index >= 15 is 0 Å². The molecule has 1 saturated carbocycles. The fraction of sp³-hybridized carbons (Fsp3) is 0.556. The molecule has 3 aliphatic rings. The molecular weight excluding hydrogens is 612 g/mol. The van der Waals surface area contributed by atoms with Crippen LogP contribution in [-0.2, 0) is 54.8 Å². The second kappa shape index (κ2) is 17.5. The third kappa shape index (κ3) is 10.1. The number of amides is 2. The summed E-state index contributed by atoms with van der Waals surface area (Å²) in [5.74, 6) is -0.739. The molecule has 0 atom stereocenters. The van der Waals surface area contributed by atoms with Gasteiger partial charge in [0.05, 0.1) is 50.9 Å². The van der Waals surface area contributed by atoms with Gasteiger partial charge in [0.2, 0.25) is 11.8 Å². The van der Waals surface area contributed by atoms with Gasteiger partial charge in [0, 0.05) is 39.3 Å². The van der Waals surface area contributed by atoms with Crippen LogP contribution in [0, 0.1) is 11.8 Å². The lowest BCUT2D eigenvalue weighted by Gasteiger charge is -2.35. The number of hydrogen-bond donors (Lipinski definition) is 2. The number of carbonyl (C=O) groups is 4. The molecule has 48 heavy (non-hydrogen) atoms. The number of nitrogens with two attached hydrogens (primary N) is 2. The molecule has 5 rings (SSSR count).